The SMILES string of the molecule is CC(C)(C#N)CCNCc1ccc(F)c(F)c1. The molecule has 0 heterocycles. The zero-order chi connectivity index (χ0) is 12.9. The quantitative estimate of drug-likeness (QED) is 0.800. The van der Waals surface area contributed by atoms with E-state index in [1.807, 2.05) is 13.8 Å². The van der Waals surface area contributed by atoms with Crippen LogP contribution in [0.2, 0.25) is 0 Å². The van der Waals surface area contributed by atoms with Crippen LogP contribution in [-0.4, -0.2) is 6.54 Å². The summed E-state index contributed by atoms with van der Waals surface area (Å²) in [6, 6.07) is 6.04. The monoisotopic (exact) mass is 238 g/mol. The molecule has 0 spiro atoms. The van der Waals surface area contributed by atoms with Crippen LogP contribution in [0.25, 0.3) is 0 Å². The van der Waals surface area contributed by atoms with Gasteiger partial charge in [-0.05, 0) is 44.5 Å². The Hall–Kier alpha value is -1.47. The van der Waals surface area contributed by atoms with Gasteiger partial charge in [-0.1, -0.05) is 6.07 Å². The number of rotatable bonds is 5. The van der Waals surface area contributed by atoms with Gasteiger partial charge in [-0.3, -0.25) is 0 Å². The molecule has 0 aliphatic carbocycles. The third kappa shape index (κ3) is 4.49. The highest BCUT2D eigenvalue weighted by Gasteiger charge is 2.15. The Bertz CT molecular complexity index is 422. The Labute approximate surface area is 100 Å². The van der Waals surface area contributed by atoms with Crippen LogP contribution in [0, 0.1) is 28.4 Å². The molecule has 0 bridgehead atoms. The summed E-state index contributed by atoms with van der Waals surface area (Å²) in [6.07, 6.45) is 0.715. The van der Waals surface area contributed by atoms with Crippen molar-refractivity contribution in [2.45, 2.75) is 26.8 Å². The molecule has 0 aromatic heterocycles. The lowest BCUT2D eigenvalue weighted by atomic mass is 9.91. The minimum Gasteiger partial charge on any atom is -0.313 e. The topological polar surface area (TPSA) is 35.8 Å². The van der Waals surface area contributed by atoms with Crippen LogP contribution in [0.1, 0.15) is 25.8 Å². The van der Waals surface area contributed by atoms with Crippen molar-refractivity contribution < 1.29 is 8.78 Å². The van der Waals surface area contributed by atoms with Crippen molar-refractivity contribution in [1.82, 2.24) is 5.32 Å². The van der Waals surface area contributed by atoms with Crippen molar-refractivity contribution in [3.8, 4) is 6.07 Å². The van der Waals surface area contributed by atoms with Crippen LogP contribution in [0.5, 0.6) is 0 Å². The Morgan fingerprint density at radius 3 is 2.59 bits per heavy atom. The second-order valence-electron chi connectivity index (χ2n) is 4.67. The van der Waals surface area contributed by atoms with E-state index in [9.17, 15) is 8.78 Å². The minimum atomic E-state index is -0.834. The molecule has 0 aliphatic rings. The van der Waals surface area contributed by atoms with Crippen molar-refractivity contribution in [3.63, 3.8) is 0 Å². The summed E-state index contributed by atoms with van der Waals surface area (Å²) in [5.74, 6) is -1.67. The van der Waals surface area contributed by atoms with Crippen molar-refractivity contribution >= 4 is 0 Å². The fraction of sp³-hybridized carbons (Fsp3) is 0.462. The van der Waals surface area contributed by atoms with Gasteiger partial charge in [0.1, 0.15) is 0 Å². The van der Waals surface area contributed by atoms with E-state index in [4.69, 9.17) is 5.26 Å². The molecule has 0 atom stereocenters. The van der Waals surface area contributed by atoms with Crippen LogP contribution in [0.3, 0.4) is 0 Å². The van der Waals surface area contributed by atoms with E-state index in [0.717, 1.165) is 6.07 Å². The summed E-state index contributed by atoms with van der Waals surface area (Å²) in [6.45, 7) is 4.87. The Morgan fingerprint density at radius 2 is 2.00 bits per heavy atom. The highest BCUT2D eigenvalue weighted by Crippen LogP contribution is 2.17. The molecule has 2 nitrogen and oxygen atoms in total. The summed E-state index contributed by atoms with van der Waals surface area (Å²) >= 11 is 0. The molecule has 0 fully saturated rings. The van der Waals surface area contributed by atoms with Crippen LogP contribution in [0.15, 0.2) is 18.2 Å². The van der Waals surface area contributed by atoms with Gasteiger partial charge in [0.25, 0.3) is 0 Å². The molecular weight excluding hydrogens is 222 g/mol. The molecule has 1 aromatic rings. The first-order chi connectivity index (χ1) is 7.94. The summed E-state index contributed by atoms with van der Waals surface area (Å²) in [5, 5.41) is 11.9. The summed E-state index contributed by atoms with van der Waals surface area (Å²) < 4.78 is 25.5. The Morgan fingerprint density at radius 1 is 1.29 bits per heavy atom. The smallest absolute Gasteiger partial charge is 0.159 e. The number of nitrogens with one attached hydrogen (secondary N) is 1. The fourth-order valence-corrected chi connectivity index (χ4v) is 1.34. The van der Waals surface area contributed by atoms with E-state index >= 15 is 0 Å². The van der Waals surface area contributed by atoms with Gasteiger partial charge in [0.2, 0.25) is 0 Å². The molecule has 17 heavy (non-hydrogen) atoms. The first-order valence-corrected chi connectivity index (χ1v) is 5.50. The molecule has 0 aliphatic heterocycles. The second-order valence-corrected chi connectivity index (χ2v) is 4.67. The first-order valence-electron chi connectivity index (χ1n) is 5.50. The van der Waals surface area contributed by atoms with Crippen molar-refractivity contribution in [2.75, 3.05) is 6.54 Å². The average Bonchev–Trinajstić information content (AvgIpc) is 2.29. The van der Waals surface area contributed by atoms with Crippen LogP contribution in [-0.2, 0) is 6.54 Å². The molecule has 92 valence electrons. The Balaban J connectivity index is 2.37. The van der Waals surface area contributed by atoms with E-state index in [-0.39, 0.29) is 5.41 Å². The maximum atomic E-state index is 12.9. The van der Waals surface area contributed by atoms with Gasteiger partial charge >= 0.3 is 0 Å². The van der Waals surface area contributed by atoms with E-state index in [1.54, 1.807) is 6.07 Å². The third-order valence-electron chi connectivity index (χ3n) is 2.54. The zero-order valence-electron chi connectivity index (χ0n) is 10.1. The van der Waals surface area contributed by atoms with Gasteiger partial charge in [-0.2, -0.15) is 5.26 Å². The van der Waals surface area contributed by atoms with Crippen LogP contribution < -0.4 is 5.32 Å². The largest absolute Gasteiger partial charge is 0.313 e. The number of benzene rings is 1. The predicted molar refractivity (Wildman–Crippen MR) is 62.1 cm³/mol. The van der Waals surface area contributed by atoms with Crippen molar-refractivity contribution in [3.05, 3.63) is 35.4 Å². The van der Waals surface area contributed by atoms with Gasteiger partial charge in [0.05, 0.1) is 11.5 Å². The fourth-order valence-electron chi connectivity index (χ4n) is 1.34. The molecule has 0 amide bonds. The average molecular weight is 238 g/mol. The highest BCUT2D eigenvalue weighted by atomic mass is 19.2. The summed E-state index contributed by atoms with van der Waals surface area (Å²) in [7, 11) is 0. The normalized spacial score (nSPS) is 11.2. The molecule has 1 rings (SSSR count). The number of halogens is 2. The van der Waals surface area contributed by atoms with Gasteiger partial charge in [-0.15, -0.1) is 0 Å². The first kappa shape index (κ1) is 13.6. The number of nitrogens with zero attached hydrogens (tertiary/aromatic N) is 1. The number of nitriles is 1. The number of hydrogen-bond donors (Lipinski definition) is 1. The molecular formula is C13H16F2N2. The van der Waals surface area contributed by atoms with Gasteiger partial charge in [-0.25, -0.2) is 8.78 Å². The van der Waals surface area contributed by atoms with Crippen molar-refractivity contribution in [1.29, 1.82) is 5.26 Å². The zero-order valence-corrected chi connectivity index (χ0v) is 10.1. The third-order valence-corrected chi connectivity index (χ3v) is 2.54. The molecule has 1 aromatic carbocycles. The van der Waals surface area contributed by atoms with E-state index in [1.165, 1.54) is 6.07 Å². The van der Waals surface area contributed by atoms with Gasteiger partial charge in [0, 0.05) is 6.54 Å². The van der Waals surface area contributed by atoms with Gasteiger partial charge in [0.15, 0.2) is 11.6 Å². The maximum Gasteiger partial charge on any atom is 0.159 e. The predicted octanol–water partition coefficient (Wildman–Crippen LogP) is 2.99. The molecule has 0 unspecified atom stereocenters. The van der Waals surface area contributed by atoms with Crippen LogP contribution in [0.4, 0.5) is 8.78 Å². The molecule has 1 N–H and O–H groups in total. The molecule has 0 radical (unpaired) electrons. The van der Waals surface area contributed by atoms with E-state index in [2.05, 4.69) is 11.4 Å². The molecule has 4 heteroatoms. The van der Waals surface area contributed by atoms with Gasteiger partial charge < -0.3 is 5.32 Å². The molecule has 0 saturated carbocycles. The standard InChI is InChI=1S/C13H16F2N2/c1-13(2,9-16)5-6-17-8-10-3-4-11(14)12(15)7-10/h3-4,7,17H,5-6,8H2,1-2H3. The molecule has 0 saturated heterocycles. The summed E-state index contributed by atoms with van der Waals surface area (Å²) in [5.41, 5.74) is 0.333. The summed E-state index contributed by atoms with van der Waals surface area (Å²) in [4.78, 5) is 0. The maximum absolute atomic E-state index is 12.9. The lowest BCUT2D eigenvalue weighted by Gasteiger charge is -2.15. The lowest BCUT2D eigenvalue weighted by molar-refractivity contribution is 0.432. The van der Waals surface area contributed by atoms with Crippen LogP contribution >= 0.6 is 0 Å². The Kier molecular flexibility index (Phi) is 4.59. The second kappa shape index (κ2) is 5.74. The highest BCUT2D eigenvalue weighted by molar-refractivity contribution is 5.17. The van der Waals surface area contributed by atoms with E-state index in [0.29, 0.717) is 25.1 Å². The minimum absolute atomic E-state index is 0.360. The number of hydrogen-bond acceptors (Lipinski definition) is 2. The lowest BCUT2D eigenvalue weighted by Crippen LogP contribution is -2.21. The van der Waals surface area contributed by atoms with E-state index < -0.39 is 11.6 Å². The van der Waals surface area contributed by atoms with Crippen molar-refractivity contribution in [2.24, 2.45) is 5.41 Å².